The predicted molar refractivity (Wildman–Crippen MR) is 118 cm³/mol. The van der Waals surface area contributed by atoms with Crippen LogP contribution in [0.25, 0.3) is 22.3 Å². The lowest BCUT2D eigenvalue weighted by Crippen LogP contribution is -2.25. The third-order valence-electron chi connectivity index (χ3n) is 4.94. The molecule has 4 aromatic rings. The van der Waals surface area contributed by atoms with Crippen molar-refractivity contribution >= 4 is 31.9 Å². The van der Waals surface area contributed by atoms with Gasteiger partial charge in [-0.25, -0.2) is 0 Å². The Kier molecular flexibility index (Phi) is 1.48. The van der Waals surface area contributed by atoms with Crippen molar-refractivity contribution in [3.63, 3.8) is 0 Å². The van der Waals surface area contributed by atoms with Gasteiger partial charge in [-0.05, 0) is 68.7 Å². The molecule has 0 fully saturated rings. The van der Waals surface area contributed by atoms with E-state index in [4.69, 9.17) is 19.2 Å². The second kappa shape index (κ2) is 5.43. The van der Waals surface area contributed by atoms with Crippen molar-refractivity contribution in [2.75, 3.05) is 0 Å². The molecule has 1 spiro atoms. The van der Waals surface area contributed by atoms with Crippen molar-refractivity contribution in [2.24, 2.45) is 0 Å². The first-order valence-electron chi connectivity index (χ1n) is 14.9. The first-order valence-corrected chi connectivity index (χ1v) is 9.46. The molecule has 0 aliphatic heterocycles. The van der Waals surface area contributed by atoms with Crippen molar-refractivity contribution < 1.29 is 19.2 Å². The highest BCUT2D eigenvalue weighted by molar-refractivity contribution is 9.10. The summed E-state index contributed by atoms with van der Waals surface area (Å²) in [5, 5.41) is 0. The van der Waals surface area contributed by atoms with Gasteiger partial charge >= 0.3 is 0 Å². The zero-order valence-electron chi connectivity index (χ0n) is 27.3. The molecule has 0 amide bonds. The van der Waals surface area contributed by atoms with E-state index in [1.165, 1.54) is 0 Å². The van der Waals surface area contributed by atoms with Crippen LogP contribution in [0.3, 0.4) is 0 Å². The van der Waals surface area contributed by atoms with E-state index in [-0.39, 0.29) is 53.5 Å². The van der Waals surface area contributed by atoms with Crippen LogP contribution in [0, 0.1) is 0 Å². The molecule has 0 heterocycles. The van der Waals surface area contributed by atoms with Crippen LogP contribution >= 0.6 is 31.9 Å². The lowest BCUT2D eigenvalue weighted by Gasteiger charge is -2.30. The molecule has 27 heavy (non-hydrogen) atoms. The Labute approximate surface area is 194 Å². The summed E-state index contributed by atoms with van der Waals surface area (Å²) in [6, 6.07) is -7.79. The van der Waals surface area contributed by atoms with Gasteiger partial charge in [0.2, 0.25) is 0 Å². The highest BCUT2D eigenvalue weighted by Gasteiger charge is 2.51. The molecule has 4 aromatic carbocycles. The first-order chi connectivity index (χ1) is 19.1. The molecule has 0 aromatic heterocycles. The molecule has 128 valence electrons. The molecule has 0 nitrogen and oxygen atoms in total. The van der Waals surface area contributed by atoms with E-state index in [0.29, 0.717) is 0 Å². The Morgan fingerprint density at radius 1 is 0.519 bits per heavy atom. The molecule has 0 unspecified atom stereocenters. The minimum absolute atomic E-state index is 0.159. The molecule has 0 radical (unpaired) electrons. The van der Waals surface area contributed by atoms with Gasteiger partial charge in [0.1, 0.15) is 0 Å². The maximum absolute atomic E-state index is 9.14. The summed E-state index contributed by atoms with van der Waals surface area (Å²) in [4.78, 5) is 0. The van der Waals surface area contributed by atoms with Gasteiger partial charge in [0.15, 0.2) is 0 Å². The zero-order valence-corrected chi connectivity index (χ0v) is 16.4. The van der Waals surface area contributed by atoms with Crippen LogP contribution in [0.1, 0.15) is 41.4 Å². The zero-order chi connectivity index (χ0) is 30.4. The molecule has 6 rings (SSSR count). The third kappa shape index (κ3) is 1.88. The summed E-state index contributed by atoms with van der Waals surface area (Å²) in [5.74, 6) is 0. The van der Waals surface area contributed by atoms with E-state index in [1.54, 1.807) is 0 Å². The summed E-state index contributed by atoms with van der Waals surface area (Å²) in [6.45, 7) is 0. The lowest BCUT2D eigenvalue weighted by atomic mass is 9.70. The fourth-order valence-electron chi connectivity index (χ4n) is 4.02. The van der Waals surface area contributed by atoms with Crippen LogP contribution in [0.4, 0.5) is 0 Å². The van der Waals surface area contributed by atoms with E-state index >= 15 is 0 Å². The highest BCUT2D eigenvalue weighted by atomic mass is 79.9. The third-order valence-corrected chi connectivity index (χ3v) is 5.73. The van der Waals surface area contributed by atoms with Gasteiger partial charge in [0.05, 0.1) is 24.6 Å². The smallest absolute Gasteiger partial charge is 0.0619 e. The Morgan fingerprint density at radius 3 is 1.41 bits per heavy atom. The molecular formula is C25H14Br2. The SMILES string of the molecule is [2H]c1c([2H])c([2H])c2c(c1[2H])-c1c([2H])c([2H])c([2H])c([2H])c1C21c2c([2H])c(Br)c([2H])c([2H])c2-c2c([2H])c([2H])c(Br)c([2H])c21. The van der Waals surface area contributed by atoms with Crippen molar-refractivity contribution in [1.82, 2.24) is 0 Å². The molecule has 0 atom stereocenters. The number of fused-ring (bicyclic) bond motifs is 10. The van der Waals surface area contributed by atoms with E-state index in [1.807, 2.05) is 0 Å². The van der Waals surface area contributed by atoms with E-state index in [2.05, 4.69) is 31.9 Å². The predicted octanol–water partition coefficient (Wildman–Crippen LogP) is 7.56. The average molecular weight is 488 g/mol. The quantitative estimate of drug-likeness (QED) is 0.207. The molecule has 2 heteroatoms. The minimum atomic E-state index is -2.19. The second-order valence-electron chi connectivity index (χ2n) is 6.13. The summed E-state index contributed by atoms with van der Waals surface area (Å²) >= 11 is 6.37. The van der Waals surface area contributed by atoms with E-state index in [0.717, 1.165) is 0 Å². The minimum Gasteiger partial charge on any atom is -0.0619 e. The molecule has 0 N–H and O–H groups in total. The molecule has 0 bridgehead atoms. The number of benzene rings is 4. The van der Waals surface area contributed by atoms with Crippen molar-refractivity contribution in [2.45, 2.75) is 5.41 Å². The number of hydrogen-bond donors (Lipinski definition) is 0. The maximum Gasteiger partial charge on any atom is 0.0726 e. The monoisotopic (exact) mass is 486 g/mol. The molecule has 2 aliphatic rings. The van der Waals surface area contributed by atoms with Gasteiger partial charge in [0.25, 0.3) is 0 Å². The van der Waals surface area contributed by atoms with Crippen molar-refractivity contribution in [3.05, 3.63) is 116 Å². The summed E-state index contributed by atoms with van der Waals surface area (Å²) < 4.78 is 122. The highest BCUT2D eigenvalue weighted by Crippen LogP contribution is 2.63. The van der Waals surface area contributed by atoms with Gasteiger partial charge < -0.3 is 0 Å². The number of rotatable bonds is 0. The van der Waals surface area contributed by atoms with Gasteiger partial charge in [-0.1, -0.05) is 92.3 Å². The van der Waals surface area contributed by atoms with E-state index in [9.17, 15) is 0 Å². The Balaban J connectivity index is 2.10. The average Bonchev–Trinajstić information content (AvgIpc) is 3.43. The topological polar surface area (TPSA) is 0 Å². The van der Waals surface area contributed by atoms with Gasteiger partial charge in [0, 0.05) is 8.95 Å². The fourth-order valence-corrected chi connectivity index (χ4v) is 4.61. The first kappa shape index (κ1) is 7.35. The molecule has 0 saturated heterocycles. The van der Waals surface area contributed by atoms with Crippen LogP contribution in [-0.2, 0) is 5.41 Å². The largest absolute Gasteiger partial charge is 0.0726 e. The van der Waals surface area contributed by atoms with Crippen LogP contribution < -0.4 is 0 Å². The normalized spacial score (nSPS) is 21.9. The van der Waals surface area contributed by atoms with Crippen molar-refractivity contribution in [3.8, 4) is 22.3 Å². The standard InChI is InChI=1S/C25H14Br2/c26-15-9-11-19-20-12-10-16(27)14-24(20)25(23(19)13-15)21-7-3-1-5-17(21)18-6-2-4-8-22(18)25/h1-14H/i1D,2D,3D,4D,5D,6D,7D,8D,9D,10D,11D,12D,13D,14D. The van der Waals surface area contributed by atoms with Gasteiger partial charge in [-0.2, -0.15) is 0 Å². The molecule has 0 saturated carbocycles. The number of hydrogen-bond acceptors (Lipinski definition) is 0. The molecule has 2 aliphatic carbocycles. The van der Waals surface area contributed by atoms with Crippen LogP contribution in [-0.4, -0.2) is 0 Å². The maximum atomic E-state index is 9.14. The van der Waals surface area contributed by atoms with Crippen LogP contribution in [0.15, 0.2) is 93.5 Å². The Hall–Kier alpha value is -2.16. The van der Waals surface area contributed by atoms with E-state index < -0.39 is 90.0 Å². The number of halogens is 2. The Bertz CT molecular complexity index is 1680. The van der Waals surface area contributed by atoms with Crippen LogP contribution in [0.5, 0.6) is 0 Å². The lowest BCUT2D eigenvalue weighted by molar-refractivity contribution is 0.792. The summed E-state index contributed by atoms with van der Waals surface area (Å²) in [6.07, 6.45) is 0. The van der Waals surface area contributed by atoms with Gasteiger partial charge in [-0.15, -0.1) is 0 Å². The fraction of sp³-hybridized carbons (Fsp3) is 0.0400. The van der Waals surface area contributed by atoms with Gasteiger partial charge in [-0.3, -0.25) is 0 Å². The Morgan fingerprint density at radius 2 is 0.926 bits per heavy atom. The summed E-state index contributed by atoms with van der Waals surface area (Å²) in [7, 11) is 0. The van der Waals surface area contributed by atoms with Crippen molar-refractivity contribution in [1.29, 1.82) is 0 Å². The second-order valence-corrected chi connectivity index (χ2v) is 7.71. The molecular weight excluding hydrogens is 460 g/mol. The van der Waals surface area contributed by atoms with Crippen LogP contribution in [0.2, 0.25) is 0 Å². The summed E-state index contributed by atoms with van der Waals surface area (Å²) in [5.41, 5.74) is -3.89.